The number of ether oxygens (including phenoxy) is 1. The Bertz CT molecular complexity index is 833. The van der Waals surface area contributed by atoms with Crippen LogP contribution in [0.4, 0.5) is 5.69 Å². The molecule has 140 valence electrons. The normalized spacial score (nSPS) is 11.2. The summed E-state index contributed by atoms with van der Waals surface area (Å²) in [5.41, 5.74) is 2.69. The number of hydrogen-bond donors (Lipinski definition) is 3. The average Bonchev–Trinajstić information content (AvgIpc) is 2.65. The SMILES string of the molecule is CC(=N)/C(NC(=O)COC(=O)Cc1cccnc1)=C(/C)Nc1ccccc1. The molecule has 7 heteroatoms. The number of anilines is 1. The summed E-state index contributed by atoms with van der Waals surface area (Å²) in [5, 5.41) is 13.6. The monoisotopic (exact) mass is 366 g/mol. The van der Waals surface area contributed by atoms with Gasteiger partial charge in [0.15, 0.2) is 6.61 Å². The summed E-state index contributed by atoms with van der Waals surface area (Å²) in [6.07, 6.45) is 3.23. The number of pyridine rings is 1. The van der Waals surface area contributed by atoms with Crippen LogP contribution in [0.5, 0.6) is 0 Å². The number of benzene rings is 1. The van der Waals surface area contributed by atoms with Gasteiger partial charge >= 0.3 is 5.97 Å². The Labute approximate surface area is 158 Å². The second-order valence-corrected chi connectivity index (χ2v) is 5.86. The van der Waals surface area contributed by atoms with E-state index in [1.165, 1.54) is 0 Å². The molecule has 1 heterocycles. The lowest BCUT2D eigenvalue weighted by molar-refractivity contribution is -0.147. The topological polar surface area (TPSA) is 104 Å². The standard InChI is InChI=1S/C20H22N4O3/c1-14(21)20(15(2)23-17-8-4-3-5-9-17)24-18(25)13-27-19(26)11-16-7-6-10-22-12-16/h3-10,12,21,23H,11,13H2,1-2H3,(H,24,25)/b20-15+,21-14?. The third kappa shape index (κ3) is 6.74. The van der Waals surface area contributed by atoms with E-state index in [0.29, 0.717) is 17.0 Å². The molecular weight excluding hydrogens is 344 g/mol. The first-order valence-corrected chi connectivity index (χ1v) is 8.38. The largest absolute Gasteiger partial charge is 0.455 e. The Morgan fingerprint density at radius 1 is 1.11 bits per heavy atom. The first-order valence-electron chi connectivity index (χ1n) is 8.38. The summed E-state index contributed by atoms with van der Waals surface area (Å²) in [5.74, 6) is -1.03. The quantitative estimate of drug-likeness (QED) is 0.492. The van der Waals surface area contributed by atoms with Crippen molar-refractivity contribution < 1.29 is 14.3 Å². The summed E-state index contributed by atoms with van der Waals surface area (Å²) in [4.78, 5) is 27.8. The zero-order valence-corrected chi connectivity index (χ0v) is 15.3. The van der Waals surface area contributed by atoms with Gasteiger partial charge < -0.3 is 20.8 Å². The van der Waals surface area contributed by atoms with Gasteiger partial charge in [-0.05, 0) is 37.6 Å². The van der Waals surface area contributed by atoms with Crippen molar-refractivity contribution in [1.29, 1.82) is 5.41 Å². The number of para-hydroxylation sites is 1. The van der Waals surface area contributed by atoms with Crippen molar-refractivity contribution in [2.24, 2.45) is 0 Å². The molecule has 0 aliphatic rings. The molecule has 0 aliphatic heterocycles. The highest BCUT2D eigenvalue weighted by molar-refractivity contribution is 6.00. The van der Waals surface area contributed by atoms with Crippen molar-refractivity contribution in [2.75, 3.05) is 11.9 Å². The lowest BCUT2D eigenvalue weighted by atomic mass is 10.2. The van der Waals surface area contributed by atoms with E-state index in [0.717, 1.165) is 5.69 Å². The van der Waals surface area contributed by atoms with Gasteiger partial charge in [0.2, 0.25) is 0 Å². The van der Waals surface area contributed by atoms with Crippen LogP contribution >= 0.6 is 0 Å². The maximum atomic E-state index is 12.1. The van der Waals surface area contributed by atoms with E-state index in [4.69, 9.17) is 10.1 Å². The molecule has 0 spiro atoms. The highest BCUT2D eigenvalue weighted by Gasteiger charge is 2.13. The fourth-order valence-electron chi connectivity index (χ4n) is 2.31. The highest BCUT2D eigenvalue weighted by Crippen LogP contribution is 2.11. The van der Waals surface area contributed by atoms with Gasteiger partial charge in [-0.3, -0.25) is 14.6 Å². The first-order chi connectivity index (χ1) is 13.0. The lowest BCUT2D eigenvalue weighted by Crippen LogP contribution is -2.32. The highest BCUT2D eigenvalue weighted by atomic mass is 16.5. The minimum atomic E-state index is -0.519. The van der Waals surface area contributed by atoms with Crippen LogP contribution in [0.25, 0.3) is 0 Å². The second kappa shape index (κ2) is 9.86. The molecule has 3 N–H and O–H groups in total. The van der Waals surface area contributed by atoms with Crippen LogP contribution < -0.4 is 10.6 Å². The lowest BCUT2D eigenvalue weighted by Gasteiger charge is -2.15. The zero-order chi connectivity index (χ0) is 19.6. The Kier molecular flexibility index (Phi) is 7.25. The van der Waals surface area contributed by atoms with E-state index in [1.807, 2.05) is 30.3 Å². The van der Waals surface area contributed by atoms with Gasteiger partial charge in [0.25, 0.3) is 5.91 Å². The number of carbonyl (C=O) groups excluding carboxylic acids is 2. The van der Waals surface area contributed by atoms with Crippen molar-refractivity contribution in [3.05, 3.63) is 71.8 Å². The molecule has 27 heavy (non-hydrogen) atoms. The molecule has 0 saturated heterocycles. The number of rotatable bonds is 8. The minimum absolute atomic E-state index is 0.0437. The van der Waals surface area contributed by atoms with Gasteiger partial charge in [-0.1, -0.05) is 24.3 Å². The van der Waals surface area contributed by atoms with Gasteiger partial charge in [-0.2, -0.15) is 0 Å². The van der Waals surface area contributed by atoms with Crippen LogP contribution in [-0.2, 0) is 20.7 Å². The Balaban J connectivity index is 1.91. The molecule has 1 amide bonds. The van der Waals surface area contributed by atoms with Crippen molar-refractivity contribution >= 4 is 23.3 Å². The molecular formula is C20H22N4O3. The van der Waals surface area contributed by atoms with E-state index in [1.54, 1.807) is 38.4 Å². The molecule has 2 rings (SSSR count). The minimum Gasteiger partial charge on any atom is -0.455 e. The maximum absolute atomic E-state index is 12.1. The van der Waals surface area contributed by atoms with Gasteiger partial charge in [0.1, 0.15) is 0 Å². The number of hydrogen-bond acceptors (Lipinski definition) is 6. The van der Waals surface area contributed by atoms with E-state index < -0.39 is 18.5 Å². The number of allylic oxidation sites excluding steroid dienone is 2. The third-order valence-electron chi connectivity index (χ3n) is 3.56. The van der Waals surface area contributed by atoms with Crippen LogP contribution in [0.15, 0.2) is 66.3 Å². The zero-order valence-electron chi connectivity index (χ0n) is 15.3. The summed E-state index contributed by atoms with van der Waals surface area (Å²) in [6, 6.07) is 12.9. The first kappa shape index (κ1) is 19.8. The van der Waals surface area contributed by atoms with Crippen LogP contribution in [0.1, 0.15) is 19.4 Å². The molecule has 0 fully saturated rings. The number of esters is 1. The van der Waals surface area contributed by atoms with Crippen LogP contribution in [0, 0.1) is 5.41 Å². The number of nitrogens with zero attached hydrogens (tertiary/aromatic N) is 1. The molecule has 0 saturated carbocycles. The fraction of sp³-hybridized carbons (Fsp3) is 0.200. The molecule has 7 nitrogen and oxygen atoms in total. The molecule has 1 aromatic carbocycles. The van der Waals surface area contributed by atoms with E-state index >= 15 is 0 Å². The van der Waals surface area contributed by atoms with Crippen molar-refractivity contribution in [3.63, 3.8) is 0 Å². The molecule has 0 bridgehead atoms. The van der Waals surface area contributed by atoms with Crippen molar-refractivity contribution in [2.45, 2.75) is 20.3 Å². The summed E-state index contributed by atoms with van der Waals surface area (Å²) >= 11 is 0. The van der Waals surface area contributed by atoms with E-state index in [9.17, 15) is 9.59 Å². The summed E-state index contributed by atoms with van der Waals surface area (Å²) < 4.78 is 4.99. The Hall–Kier alpha value is -3.48. The van der Waals surface area contributed by atoms with Gasteiger partial charge in [-0.25, -0.2) is 0 Å². The third-order valence-corrected chi connectivity index (χ3v) is 3.56. The summed E-state index contributed by atoms with van der Waals surface area (Å²) in [7, 11) is 0. The number of amides is 1. The Morgan fingerprint density at radius 2 is 1.85 bits per heavy atom. The fourth-order valence-corrected chi connectivity index (χ4v) is 2.31. The van der Waals surface area contributed by atoms with Crippen molar-refractivity contribution in [1.82, 2.24) is 10.3 Å². The Morgan fingerprint density at radius 3 is 2.48 bits per heavy atom. The van der Waals surface area contributed by atoms with Crippen molar-refractivity contribution in [3.8, 4) is 0 Å². The molecule has 1 aromatic heterocycles. The van der Waals surface area contributed by atoms with Crippen LogP contribution in [0.3, 0.4) is 0 Å². The van der Waals surface area contributed by atoms with Crippen LogP contribution in [0.2, 0.25) is 0 Å². The predicted molar refractivity (Wildman–Crippen MR) is 103 cm³/mol. The maximum Gasteiger partial charge on any atom is 0.310 e. The van der Waals surface area contributed by atoms with Gasteiger partial charge in [0, 0.05) is 23.8 Å². The van der Waals surface area contributed by atoms with E-state index in [-0.39, 0.29) is 12.1 Å². The smallest absolute Gasteiger partial charge is 0.310 e. The molecule has 0 radical (unpaired) electrons. The molecule has 0 unspecified atom stereocenters. The molecule has 2 aromatic rings. The summed E-state index contributed by atoms with van der Waals surface area (Å²) in [6.45, 7) is 2.91. The van der Waals surface area contributed by atoms with Crippen LogP contribution in [-0.4, -0.2) is 29.2 Å². The molecule has 0 aliphatic carbocycles. The van der Waals surface area contributed by atoms with Gasteiger partial charge in [0.05, 0.1) is 17.8 Å². The van der Waals surface area contributed by atoms with E-state index in [2.05, 4.69) is 15.6 Å². The predicted octanol–water partition coefficient (Wildman–Crippen LogP) is 2.67. The van der Waals surface area contributed by atoms with Gasteiger partial charge in [-0.15, -0.1) is 0 Å². The number of carbonyl (C=O) groups is 2. The number of aromatic nitrogens is 1. The molecule has 0 atom stereocenters. The second-order valence-electron chi connectivity index (χ2n) is 5.86. The number of nitrogens with one attached hydrogen (secondary N) is 3. The average molecular weight is 366 g/mol.